The Hall–Kier alpha value is -1.56. The summed E-state index contributed by atoms with van der Waals surface area (Å²) in [5, 5.41) is 13.0. The predicted octanol–water partition coefficient (Wildman–Crippen LogP) is 5.13. The highest BCUT2D eigenvalue weighted by molar-refractivity contribution is 5.48. The van der Waals surface area contributed by atoms with Gasteiger partial charge < -0.3 is 5.32 Å². The van der Waals surface area contributed by atoms with Crippen LogP contribution in [0.2, 0.25) is 0 Å². The maximum absolute atomic E-state index is 13.3. The van der Waals surface area contributed by atoms with Gasteiger partial charge in [0.15, 0.2) is 0 Å². The zero-order chi connectivity index (χ0) is 15.5. The number of nitriles is 1. The highest BCUT2D eigenvalue weighted by Gasteiger charge is 2.36. The molecule has 0 aromatic heterocycles. The maximum Gasteiger partial charge on any atom is 0.125 e. The molecule has 0 saturated heterocycles. The number of halogens is 1. The molecular formula is C18H25FN2. The molecule has 0 heterocycles. The lowest BCUT2D eigenvalue weighted by Crippen LogP contribution is -2.36. The Balaban J connectivity index is 2.14. The summed E-state index contributed by atoms with van der Waals surface area (Å²) in [7, 11) is 0. The molecule has 3 heteroatoms. The van der Waals surface area contributed by atoms with Crippen LogP contribution in [-0.2, 0) is 0 Å². The molecule has 21 heavy (non-hydrogen) atoms. The predicted molar refractivity (Wildman–Crippen MR) is 84.4 cm³/mol. The van der Waals surface area contributed by atoms with E-state index in [2.05, 4.69) is 32.2 Å². The molecule has 0 spiro atoms. The van der Waals surface area contributed by atoms with E-state index in [9.17, 15) is 9.65 Å². The SMILES string of the molecule is CC(C)(C)C1CCCC(C#N)(Nc2cccc(F)c2)CC1. The Morgan fingerprint density at radius 1 is 1.29 bits per heavy atom. The van der Waals surface area contributed by atoms with E-state index in [0.29, 0.717) is 11.6 Å². The Bertz CT molecular complexity index is 527. The Kier molecular flexibility index (Phi) is 4.56. The Labute approximate surface area is 127 Å². The summed E-state index contributed by atoms with van der Waals surface area (Å²) in [6.45, 7) is 6.82. The summed E-state index contributed by atoms with van der Waals surface area (Å²) in [5.74, 6) is 0.372. The summed E-state index contributed by atoms with van der Waals surface area (Å²) in [5.41, 5.74) is 0.420. The van der Waals surface area contributed by atoms with Gasteiger partial charge in [-0.1, -0.05) is 26.8 Å². The Morgan fingerprint density at radius 2 is 2.05 bits per heavy atom. The lowest BCUT2D eigenvalue weighted by molar-refractivity contribution is 0.213. The fourth-order valence-electron chi connectivity index (χ4n) is 3.31. The molecule has 2 unspecified atom stereocenters. The number of nitrogens with one attached hydrogen (secondary N) is 1. The third-order valence-corrected chi connectivity index (χ3v) is 4.72. The van der Waals surface area contributed by atoms with Crippen LogP contribution in [0, 0.1) is 28.5 Å². The first-order valence-electron chi connectivity index (χ1n) is 7.80. The molecule has 0 bridgehead atoms. The maximum atomic E-state index is 13.3. The van der Waals surface area contributed by atoms with E-state index >= 15 is 0 Å². The van der Waals surface area contributed by atoms with Gasteiger partial charge in [0, 0.05) is 5.69 Å². The van der Waals surface area contributed by atoms with Crippen molar-refractivity contribution in [3.05, 3.63) is 30.1 Å². The Morgan fingerprint density at radius 3 is 2.67 bits per heavy atom. The van der Waals surface area contributed by atoms with Crippen LogP contribution in [-0.4, -0.2) is 5.54 Å². The van der Waals surface area contributed by atoms with Gasteiger partial charge in [0.2, 0.25) is 0 Å². The van der Waals surface area contributed by atoms with Crippen molar-refractivity contribution in [2.45, 2.75) is 58.4 Å². The molecule has 2 nitrogen and oxygen atoms in total. The molecule has 0 radical (unpaired) electrons. The topological polar surface area (TPSA) is 35.8 Å². The van der Waals surface area contributed by atoms with Crippen molar-refractivity contribution in [3.63, 3.8) is 0 Å². The van der Waals surface area contributed by atoms with Crippen LogP contribution in [0.15, 0.2) is 24.3 Å². The van der Waals surface area contributed by atoms with Gasteiger partial charge in [-0.2, -0.15) is 5.26 Å². The summed E-state index contributed by atoms with van der Waals surface area (Å²) in [6, 6.07) is 8.86. The van der Waals surface area contributed by atoms with Crippen molar-refractivity contribution in [1.82, 2.24) is 0 Å². The molecule has 1 aliphatic rings. The standard InChI is InChI=1S/C18H25FN2/c1-17(2,3)14-6-5-10-18(13-20,11-9-14)21-16-8-4-7-15(19)12-16/h4,7-8,12,14,21H,5-6,9-11H2,1-3H3. The van der Waals surface area contributed by atoms with Crippen molar-refractivity contribution in [3.8, 4) is 6.07 Å². The normalized spacial score (nSPS) is 26.7. The molecule has 114 valence electrons. The summed E-state index contributed by atoms with van der Waals surface area (Å²) < 4.78 is 13.3. The highest BCUT2D eigenvalue weighted by Crippen LogP contribution is 2.40. The molecule has 1 fully saturated rings. The molecule has 1 saturated carbocycles. The van der Waals surface area contributed by atoms with E-state index in [1.54, 1.807) is 6.07 Å². The molecule has 2 atom stereocenters. The lowest BCUT2D eigenvalue weighted by Gasteiger charge is -2.31. The van der Waals surface area contributed by atoms with Crippen molar-refractivity contribution < 1.29 is 4.39 Å². The van der Waals surface area contributed by atoms with Crippen LogP contribution in [0.4, 0.5) is 10.1 Å². The monoisotopic (exact) mass is 288 g/mol. The first-order valence-corrected chi connectivity index (χ1v) is 7.80. The van der Waals surface area contributed by atoms with Gasteiger partial charge in [0.1, 0.15) is 11.4 Å². The number of rotatable bonds is 2. The number of anilines is 1. The fraction of sp³-hybridized carbons (Fsp3) is 0.611. The van der Waals surface area contributed by atoms with Crippen molar-refractivity contribution in [2.75, 3.05) is 5.32 Å². The smallest absolute Gasteiger partial charge is 0.125 e. The van der Waals surface area contributed by atoms with Gasteiger partial charge in [-0.15, -0.1) is 0 Å². The first kappa shape index (κ1) is 15.8. The highest BCUT2D eigenvalue weighted by atomic mass is 19.1. The minimum absolute atomic E-state index is 0.269. The van der Waals surface area contributed by atoms with Gasteiger partial charge in [0.25, 0.3) is 0 Å². The average Bonchev–Trinajstić information content (AvgIpc) is 2.62. The second kappa shape index (κ2) is 6.05. The number of hydrogen-bond acceptors (Lipinski definition) is 2. The van der Waals surface area contributed by atoms with E-state index in [4.69, 9.17) is 0 Å². The molecule has 1 aromatic rings. The fourth-order valence-corrected chi connectivity index (χ4v) is 3.31. The quantitative estimate of drug-likeness (QED) is 0.766. The van der Waals surface area contributed by atoms with Crippen LogP contribution in [0.25, 0.3) is 0 Å². The van der Waals surface area contributed by atoms with Crippen LogP contribution < -0.4 is 5.32 Å². The number of hydrogen-bond donors (Lipinski definition) is 1. The van der Waals surface area contributed by atoms with Crippen LogP contribution in [0.1, 0.15) is 52.9 Å². The molecule has 2 rings (SSSR count). The summed E-state index contributed by atoms with van der Waals surface area (Å²) in [6.07, 6.45) is 4.89. The number of benzene rings is 1. The van der Waals surface area contributed by atoms with Crippen molar-refractivity contribution in [2.24, 2.45) is 11.3 Å². The summed E-state index contributed by atoms with van der Waals surface area (Å²) >= 11 is 0. The second-order valence-corrected chi connectivity index (χ2v) is 7.32. The molecule has 1 aromatic carbocycles. The van der Waals surface area contributed by atoms with Gasteiger partial charge in [-0.25, -0.2) is 4.39 Å². The summed E-state index contributed by atoms with van der Waals surface area (Å²) in [4.78, 5) is 0. The molecular weight excluding hydrogens is 263 g/mol. The van der Waals surface area contributed by atoms with E-state index in [1.165, 1.54) is 12.1 Å². The van der Waals surface area contributed by atoms with E-state index in [0.717, 1.165) is 32.1 Å². The van der Waals surface area contributed by atoms with Crippen LogP contribution in [0.5, 0.6) is 0 Å². The van der Waals surface area contributed by atoms with E-state index in [1.807, 2.05) is 6.07 Å². The van der Waals surface area contributed by atoms with E-state index < -0.39 is 5.54 Å². The molecule has 1 aliphatic carbocycles. The van der Waals surface area contributed by atoms with Gasteiger partial charge in [0.05, 0.1) is 6.07 Å². The lowest BCUT2D eigenvalue weighted by atomic mass is 9.76. The zero-order valence-corrected chi connectivity index (χ0v) is 13.2. The van der Waals surface area contributed by atoms with Crippen molar-refractivity contribution >= 4 is 5.69 Å². The molecule has 0 amide bonds. The molecule has 0 aliphatic heterocycles. The number of nitrogens with zero attached hydrogens (tertiary/aromatic N) is 1. The van der Waals surface area contributed by atoms with Crippen molar-refractivity contribution in [1.29, 1.82) is 5.26 Å². The third kappa shape index (κ3) is 3.97. The van der Waals surface area contributed by atoms with Gasteiger partial charge >= 0.3 is 0 Å². The largest absolute Gasteiger partial charge is 0.367 e. The zero-order valence-electron chi connectivity index (χ0n) is 13.2. The second-order valence-electron chi connectivity index (χ2n) is 7.32. The third-order valence-electron chi connectivity index (χ3n) is 4.72. The first-order chi connectivity index (χ1) is 9.85. The van der Waals surface area contributed by atoms with Gasteiger partial charge in [-0.05, 0) is 61.6 Å². The minimum Gasteiger partial charge on any atom is -0.367 e. The van der Waals surface area contributed by atoms with Crippen LogP contribution in [0.3, 0.4) is 0 Å². The molecule has 1 N–H and O–H groups in total. The van der Waals surface area contributed by atoms with Gasteiger partial charge in [-0.3, -0.25) is 0 Å². The van der Waals surface area contributed by atoms with Crippen LogP contribution >= 0.6 is 0 Å². The minimum atomic E-state index is -0.562. The average molecular weight is 288 g/mol. The van der Waals surface area contributed by atoms with E-state index in [-0.39, 0.29) is 11.2 Å².